The van der Waals surface area contributed by atoms with Gasteiger partial charge in [-0.25, -0.2) is 0 Å². The lowest BCUT2D eigenvalue weighted by Crippen LogP contribution is -2.13. The third-order valence-electron chi connectivity index (χ3n) is 3.03. The number of rotatable bonds is 1. The third-order valence-corrected chi connectivity index (χ3v) is 3.03. The molecule has 2 heteroatoms. The summed E-state index contributed by atoms with van der Waals surface area (Å²) in [5.74, 6) is 2.16. The molecule has 1 aliphatic rings. The molecule has 0 radical (unpaired) electrons. The lowest BCUT2D eigenvalue weighted by molar-refractivity contribution is 0.493. The molecule has 0 amide bonds. The Labute approximate surface area is 79.3 Å². The van der Waals surface area contributed by atoms with Crippen molar-refractivity contribution < 1.29 is 4.42 Å². The van der Waals surface area contributed by atoms with Crippen LogP contribution in [-0.4, -0.2) is 6.54 Å². The molecule has 13 heavy (non-hydrogen) atoms. The van der Waals surface area contributed by atoms with Crippen LogP contribution in [0, 0.1) is 20.8 Å². The first kappa shape index (κ1) is 8.82. The van der Waals surface area contributed by atoms with E-state index in [1.54, 1.807) is 0 Å². The Morgan fingerprint density at radius 2 is 2.00 bits per heavy atom. The summed E-state index contributed by atoms with van der Waals surface area (Å²) >= 11 is 0. The summed E-state index contributed by atoms with van der Waals surface area (Å²) < 4.78 is 5.62. The highest BCUT2D eigenvalue weighted by atomic mass is 16.3. The van der Waals surface area contributed by atoms with Gasteiger partial charge < -0.3 is 9.73 Å². The average Bonchev–Trinajstić information content (AvgIpc) is 2.63. The molecule has 1 aromatic rings. The highest BCUT2D eigenvalue weighted by Gasteiger charge is 2.23. The summed E-state index contributed by atoms with van der Waals surface area (Å²) in [4.78, 5) is 0. The molecule has 1 saturated heterocycles. The molecule has 0 saturated carbocycles. The van der Waals surface area contributed by atoms with Crippen LogP contribution in [-0.2, 0) is 0 Å². The van der Waals surface area contributed by atoms with Crippen molar-refractivity contribution >= 4 is 0 Å². The minimum absolute atomic E-state index is 0.539. The van der Waals surface area contributed by atoms with Crippen molar-refractivity contribution in [1.29, 1.82) is 0 Å². The molecule has 1 aromatic heterocycles. The van der Waals surface area contributed by atoms with Crippen LogP contribution >= 0.6 is 0 Å². The predicted molar refractivity (Wildman–Crippen MR) is 52.9 cm³/mol. The van der Waals surface area contributed by atoms with Crippen LogP contribution in [0.15, 0.2) is 4.42 Å². The van der Waals surface area contributed by atoms with Crippen molar-refractivity contribution in [3.8, 4) is 0 Å². The molecule has 2 rings (SSSR count). The highest BCUT2D eigenvalue weighted by molar-refractivity contribution is 5.34. The van der Waals surface area contributed by atoms with Crippen molar-refractivity contribution in [3.63, 3.8) is 0 Å². The maximum absolute atomic E-state index is 5.62. The fourth-order valence-corrected chi connectivity index (χ4v) is 2.25. The van der Waals surface area contributed by atoms with Crippen molar-refractivity contribution in [3.05, 3.63) is 22.6 Å². The lowest BCUT2D eigenvalue weighted by Gasteiger charge is -2.09. The van der Waals surface area contributed by atoms with Crippen LogP contribution in [0.4, 0.5) is 0 Å². The van der Waals surface area contributed by atoms with E-state index < -0.39 is 0 Å². The molecule has 1 fully saturated rings. The van der Waals surface area contributed by atoms with E-state index in [0.717, 1.165) is 18.1 Å². The standard InChI is InChI=1S/C11H17NO/c1-7-8(2)13-9(3)11(7)10-5-4-6-12-10/h10,12H,4-6H2,1-3H3. The topological polar surface area (TPSA) is 25.2 Å². The van der Waals surface area contributed by atoms with Crippen LogP contribution in [0.2, 0.25) is 0 Å². The zero-order valence-corrected chi connectivity index (χ0v) is 8.61. The van der Waals surface area contributed by atoms with Crippen LogP contribution in [0.3, 0.4) is 0 Å². The van der Waals surface area contributed by atoms with Gasteiger partial charge in [0.1, 0.15) is 11.5 Å². The normalized spacial score (nSPS) is 22.5. The van der Waals surface area contributed by atoms with E-state index in [9.17, 15) is 0 Å². The summed E-state index contributed by atoms with van der Waals surface area (Å²) in [5.41, 5.74) is 2.73. The van der Waals surface area contributed by atoms with E-state index >= 15 is 0 Å². The van der Waals surface area contributed by atoms with Gasteiger partial charge in [0.25, 0.3) is 0 Å². The zero-order valence-electron chi connectivity index (χ0n) is 8.61. The molecule has 0 spiro atoms. The summed E-state index contributed by atoms with van der Waals surface area (Å²) in [7, 11) is 0. The first-order valence-electron chi connectivity index (χ1n) is 5.00. The van der Waals surface area contributed by atoms with Gasteiger partial charge in [0.05, 0.1) is 0 Å². The predicted octanol–water partition coefficient (Wildman–Crippen LogP) is 2.63. The van der Waals surface area contributed by atoms with Crippen molar-refractivity contribution in [2.24, 2.45) is 0 Å². The van der Waals surface area contributed by atoms with Gasteiger partial charge in [0.2, 0.25) is 0 Å². The summed E-state index contributed by atoms with van der Waals surface area (Å²) in [6, 6.07) is 0.539. The number of aryl methyl sites for hydroxylation is 2. The van der Waals surface area contributed by atoms with Crippen molar-refractivity contribution in [2.45, 2.75) is 39.7 Å². The largest absolute Gasteiger partial charge is 0.466 e. The average molecular weight is 179 g/mol. The van der Waals surface area contributed by atoms with Crippen LogP contribution in [0.1, 0.15) is 41.5 Å². The van der Waals surface area contributed by atoms with Gasteiger partial charge in [-0.05, 0) is 45.7 Å². The molecule has 2 nitrogen and oxygen atoms in total. The lowest BCUT2D eigenvalue weighted by atomic mass is 10.0. The Morgan fingerprint density at radius 1 is 1.23 bits per heavy atom. The Bertz CT molecular complexity index is 308. The second-order valence-corrected chi connectivity index (χ2v) is 3.90. The smallest absolute Gasteiger partial charge is 0.106 e. The Morgan fingerprint density at radius 3 is 2.46 bits per heavy atom. The van der Waals surface area contributed by atoms with E-state index in [2.05, 4.69) is 19.2 Å². The summed E-state index contributed by atoms with van der Waals surface area (Å²) in [6.07, 6.45) is 2.54. The van der Waals surface area contributed by atoms with E-state index in [0.29, 0.717) is 6.04 Å². The summed E-state index contributed by atoms with van der Waals surface area (Å²) in [5, 5.41) is 3.51. The molecule has 1 aliphatic heterocycles. The first-order valence-corrected chi connectivity index (χ1v) is 5.00. The molecular formula is C11H17NO. The van der Waals surface area contributed by atoms with Gasteiger partial charge in [-0.2, -0.15) is 0 Å². The van der Waals surface area contributed by atoms with E-state index in [1.807, 2.05) is 6.92 Å². The van der Waals surface area contributed by atoms with Gasteiger partial charge in [-0.3, -0.25) is 0 Å². The quantitative estimate of drug-likeness (QED) is 0.717. The molecule has 0 aromatic carbocycles. The molecule has 1 unspecified atom stereocenters. The number of hydrogen-bond acceptors (Lipinski definition) is 2. The Balaban J connectivity index is 2.37. The molecule has 0 bridgehead atoms. The minimum Gasteiger partial charge on any atom is -0.466 e. The molecule has 0 aliphatic carbocycles. The van der Waals surface area contributed by atoms with E-state index in [1.165, 1.54) is 24.0 Å². The Hall–Kier alpha value is -0.760. The minimum atomic E-state index is 0.539. The Kier molecular flexibility index (Phi) is 2.16. The maximum atomic E-state index is 5.62. The van der Waals surface area contributed by atoms with E-state index in [4.69, 9.17) is 4.42 Å². The second-order valence-electron chi connectivity index (χ2n) is 3.90. The molecule has 2 heterocycles. The van der Waals surface area contributed by atoms with Crippen LogP contribution in [0.5, 0.6) is 0 Å². The van der Waals surface area contributed by atoms with Gasteiger partial charge in [-0.15, -0.1) is 0 Å². The second kappa shape index (κ2) is 3.18. The van der Waals surface area contributed by atoms with E-state index in [-0.39, 0.29) is 0 Å². The maximum Gasteiger partial charge on any atom is 0.106 e. The fraction of sp³-hybridized carbons (Fsp3) is 0.636. The zero-order chi connectivity index (χ0) is 9.42. The number of nitrogens with one attached hydrogen (secondary N) is 1. The van der Waals surface area contributed by atoms with Crippen LogP contribution in [0.25, 0.3) is 0 Å². The van der Waals surface area contributed by atoms with Gasteiger partial charge in [-0.1, -0.05) is 0 Å². The molecule has 1 atom stereocenters. The van der Waals surface area contributed by atoms with Gasteiger partial charge >= 0.3 is 0 Å². The SMILES string of the molecule is Cc1oc(C)c(C2CCCN2)c1C. The van der Waals surface area contributed by atoms with Gasteiger partial charge in [0.15, 0.2) is 0 Å². The molecular weight excluding hydrogens is 162 g/mol. The van der Waals surface area contributed by atoms with Gasteiger partial charge in [0, 0.05) is 11.6 Å². The molecule has 72 valence electrons. The van der Waals surface area contributed by atoms with Crippen molar-refractivity contribution in [1.82, 2.24) is 5.32 Å². The highest BCUT2D eigenvalue weighted by Crippen LogP contribution is 2.31. The number of hydrogen-bond donors (Lipinski definition) is 1. The fourth-order valence-electron chi connectivity index (χ4n) is 2.25. The number of furan rings is 1. The first-order chi connectivity index (χ1) is 6.20. The third kappa shape index (κ3) is 1.39. The van der Waals surface area contributed by atoms with Crippen molar-refractivity contribution in [2.75, 3.05) is 6.54 Å². The van der Waals surface area contributed by atoms with Crippen LogP contribution < -0.4 is 5.32 Å². The summed E-state index contributed by atoms with van der Waals surface area (Å²) in [6.45, 7) is 7.41. The molecule has 1 N–H and O–H groups in total. The monoisotopic (exact) mass is 179 g/mol.